The number of methoxy groups -OCH3 is 1. The zero-order valence-electron chi connectivity index (χ0n) is 11.0. The van der Waals surface area contributed by atoms with E-state index in [1.54, 1.807) is 13.3 Å². The van der Waals surface area contributed by atoms with Crippen LogP contribution in [0.2, 0.25) is 0 Å². The van der Waals surface area contributed by atoms with Gasteiger partial charge >= 0.3 is 0 Å². The van der Waals surface area contributed by atoms with Crippen LogP contribution in [-0.2, 0) is 0 Å². The molecule has 1 aromatic heterocycles. The molecule has 3 heteroatoms. The van der Waals surface area contributed by atoms with E-state index in [2.05, 4.69) is 17.2 Å². The number of nitrogens with zero attached hydrogens (tertiary/aromatic N) is 1. The molecular formula is C14H24N2O. The predicted octanol–water partition coefficient (Wildman–Crippen LogP) is 3.86. The summed E-state index contributed by atoms with van der Waals surface area (Å²) in [6.45, 7) is 3.24. The zero-order valence-corrected chi connectivity index (χ0v) is 11.0. The summed E-state index contributed by atoms with van der Waals surface area (Å²) in [5.74, 6) is 0.679. The topological polar surface area (TPSA) is 34.2 Å². The van der Waals surface area contributed by atoms with Crippen molar-refractivity contribution in [2.75, 3.05) is 19.0 Å². The molecule has 0 spiro atoms. The number of rotatable bonds is 9. The molecule has 1 rings (SSSR count). The molecule has 0 unspecified atom stereocenters. The van der Waals surface area contributed by atoms with Crippen molar-refractivity contribution in [3.8, 4) is 5.88 Å². The maximum atomic E-state index is 5.18. The molecule has 0 aliphatic carbocycles. The number of pyridine rings is 1. The Morgan fingerprint density at radius 3 is 2.71 bits per heavy atom. The van der Waals surface area contributed by atoms with Crippen molar-refractivity contribution >= 4 is 5.69 Å². The molecule has 1 heterocycles. The third kappa shape index (κ3) is 5.57. The first-order valence-corrected chi connectivity index (χ1v) is 6.61. The van der Waals surface area contributed by atoms with Gasteiger partial charge in [0.25, 0.3) is 0 Å². The number of nitrogens with one attached hydrogen (secondary N) is 1. The van der Waals surface area contributed by atoms with Gasteiger partial charge in [0.05, 0.1) is 12.8 Å². The van der Waals surface area contributed by atoms with Crippen LogP contribution in [0.15, 0.2) is 18.3 Å². The van der Waals surface area contributed by atoms with E-state index >= 15 is 0 Å². The minimum Gasteiger partial charge on any atom is -0.480 e. The van der Waals surface area contributed by atoms with Gasteiger partial charge in [-0.05, 0) is 18.6 Å². The van der Waals surface area contributed by atoms with Crippen molar-refractivity contribution in [3.63, 3.8) is 0 Å². The fraction of sp³-hybridized carbons (Fsp3) is 0.643. The highest BCUT2D eigenvalue weighted by molar-refractivity contribution is 5.51. The van der Waals surface area contributed by atoms with Crippen LogP contribution in [0.25, 0.3) is 0 Å². The van der Waals surface area contributed by atoms with E-state index in [1.807, 2.05) is 12.1 Å². The lowest BCUT2D eigenvalue weighted by molar-refractivity contribution is 0.399. The molecule has 3 nitrogen and oxygen atoms in total. The Morgan fingerprint density at radius 2 is 1.94 bits per heavy atom. The minimum atomic E-state index is 0.679. The lowest BCUT2D eigenvalue weighted by Gasteiger charge is -2.09. The van der Waals surface area contributed by atoms with Crippen molar-refractivity contribution in [1.29, 1.82) is 0 Å². The summed E-state index contributed by atoms with van der Waals surface area (Å²) in [6, 6.07) is 3.93. The first-order valence-electron chi connectivity index (χ1n) is 6.61. The Balaban J connectivity index is 2.13. The molecule has 0 radical (unpaired) electrons. The highest BCUT2D eigenvalue weighted by Crippen LogP contribution is 2.19. The molecule has 0 atom stereocenters. The van der Waals surface area contributed by atoms with Crippen LogP contribution in [0, 0.1) is 0 Å². The maximum Gasteiger partial charge on any atom is 0.237 e. The molecule has 0 saturated heterocycles. The van der Waals surface area contributed by atoms with E-state index in [4.69, 9.17) is 4.74 Å². The average molecular weight is 236 g/mol. The summed E-state index contributed by atoms with van der Waals surface area (Å²) >= 11 is 0. The first-order chi connectivity index (χ1) is 8.38. The summed E-state index contributed by atoms with van der Waals surface area (Å²) in [6.07, 6.45) is 9.65. The lowest BCUT2D eigenvalue weighted by Crippen LogP contribution is -2.03. The average Bonchev–Trinajstić information content (AvgIpc) is 2.38. The number of hydrogen-bond donors (Lipinski definition) is 1. The normalized spacial score (nSPS) is 10.2. The number of anilines is 1. The fourth-order valence-electron chi connectivity index (χ4n) is 1.82. The largest absolute Gasteiger partial charge is 0.480 e. The van der Waals surface area contributed by atoms with Crippen molar-refractivity contribution in [2.45, 2.75) is 45.4 Å². The second kappa shape index (κ2) is 8.85. The summed E-state index contributed by atoms with van der Waals surface area (Å²) < 4.78 is 5.18. The van der Waals surface area contributed by atoms with Crippen molar-refractivity contribution in [2.24, 2.45) is 0 Å². The van der Waals surface area contributed by atoms with Crippen LogP contribution in [0.3, 0.4) is 0 Å². The molecule has 0 saturated carbocycles. The van der Waals surface area contributed by atoms with Gasteiger partial charge in [-0.25, -0.2) is 4.98 Å². The highest BCUT2D eigenvalue weighted by atomic mass is 16.5. The molecule has 17 heavy (non-hydrogen) atoms. The molecule has 1 aromatic rings. The second-order valence-electron chi connectivity index (χ2n) is 4.25. The lowest BCUT2D eigenvalue weighted by atomic mass is 10.1. The summed E-state index contributed by atoms with van der Waals surface area (Å²) in [4.78, 5) is 4.15. The quantitative estimate of drug-likeness (QED) is 0.661. The molecule has 0 amide bonds. The van der Waals surface area contributed by atoms with E-state index in [9.17, 15) is 0 Å². The van der Waals surface area contributed by atoms with Crippen LogP contribution < -0.4 is 10.1 Å². The molecule has 0 aromatic carbocycles. The third-order valence-corrected chi connectivity index (χ3v) is 2.81. The predicted molar refractivity (Wildman–Crippen MR) is 72.7 cm³/mol. The first kappa shape index (κ1) is 13.8. The van der Waals surface area contributed by atoms with Gasteiger partial charge < -0.3 is 10.1 Å². The Hall–Kier alpha value is -1.25. The zero-order chi connectivity index (χ0) is 12.3. The van der Waals surface area contributed by atoms with Gasteiger partial charge in [-0.2, -0.15) is 0 Å². The Bertz CT molecular complexity index is 302. The Kier molecular flexibility index (Phi) is 7.19. The molecule has 0 aliphatic heterocycles. The third-order valence-electron chi connectivity index (χ3n) is 2.81. The van der Waals surface area contributed by atoms with Crippen LogP contribution in [-0.4, -0.2) is 18.6 Å². The van der Waals surface area contributed by atoms with Gasteiger partial charge in [0, 0.05) is 12.7 Å². The number of unbranched alkanes of at least 4 members (excludes halogenated alkanes) is 5. The van der Waals surface area contributed by atoms with E-state index in [-0.39, 0.29) is 0 Å². The standard InChI is InChI=1S/C14H24N2O/c1-3-4-5-6-7-8-11-15-13-10-9-12-16-14(13)17-2/h9-10,12,15H,3-8,11H2,1-2H3. The second-order valence-corrected chi connectivity index (χ2v) is 4.25. The number of ether oxygens (including phenoxy) is 1. The Labute approximate surface area is 105 Å². The SMILES string of the molecule is CCCCCCCCNc1cccnc1OC. The molecule has 96 valence electrons. The van der Waals surface area contributed by atoms with E-state index in [1.165, 1.54) is 38.5 Å². The minimum absolute atomic E-state index is 0.679. The molecule has 1 N–H and O–H groups in total. The van der Waals surface area contributed by atoms with Crippen molar-refractivity contribution < 1.29 is 4.74 Å². The van der Waals surface area contributed by atoms with Gasteiger partial charge in [-0.1, -0.05) is 39.0 Å². The van der Waals surface area contributed by atoms with Crippen molar-refractivity contribution in [1.82, 2.24) is 4.98 Å². The number of aromatic nitrogens is 1. The monoisotopic (exact) mass is 236 g/mol. The molecular weight excluding hydrogens is 212 g/mol. The number of hydrogen-bond acceptors (Lipinski definition) is 3. The maximum absolute atomic E-state index is 5.18. The van der Waals surface area contributed by atoms with Crippen LogP contribution >= 0.6 is 0 Å². The smallest absolute Gasteiger partial charge is 0.237 e. The van der Waals surface area contributed by atoms with Crippen LogP contribution in [0.1, 0.15) is 45.4 Å². The highest BCUT2D eigenvalue weighted by Gasteiger charge is 2.00. The van der Waals surface area contributed by atoms with E-state index in [0.717, 1.165) is 12.2 Å². The summed E-state index contributed by atoms with van der Waals surface area (Å²) in [5, 5.41) is 3.37. The summed E-state index contributed by atoms with van der Waals surface area (Å²) in [7, 11) is 1.65. The Morgan fingerprint density at radius 1 is 1.18 bits per heavy atom. The van der Waals surface area contributed by atoms with E-state index in [0.29, 0.717) is 5.88 Å². The van der Waals surface area contributed by atoms with Crippen molar-refractivity contribution in [3.05, 3.63) is 18.3 Å². The molecule has 0 fully saturated rings. The van der Waals surface area contributed by atoms with Gasteiger partial charge in [0.1, 0.15) is 0 Å². The van der Waals surface area contributed by atoms with Gasteiger partial charge in [-0.3, -0.25) is 0 Å². The molecule has 0 bridgehead atoms. The van der Waals surface area contributed by atoms with E-state index < -0.39 is 0 Å². The van der Waals surface area contributed by atoms with Crippen LogP contribution in [0.4, 0.5) is 5.69 Å². The van der Waals surface area contributed by atoms with Gasteiger partial charge in [0.15, 0.2) is 0 Å². The van der Waals surface area contributed by atoms with Crippen LogP contribution in [0.5, 0.6) is 5.88 Å². The van der Waals surface area contributed by atoms with Gasteiger partial charge in [0.2, 0.25) is 5.88 Å². The fourth-order valence-corrected chi connectivity index (χ4v) is 1.82. The summed E-state index contributed by atoms with van der Waals surface area (Å²) in [5.41, 5.74) is 0.989. The van der Waals surface area contributed by atoms with Gasteiger partial charge in [-0.15, -0.1) is 0 Å². The molecule has 0 aliphatic rings.